The molecule has 1 aromatic heterocycles. The third-order valence-corrected chi connectivity index (χ3v) is 2.18. The number of aromatic nitrogens is 1. The molecule has 2 aromatic rings. The van der Waals surface area contributed by atoms with E-state index in [-0.39, 0.29) is 5.69 Å². The van der Waals surface area contributed by atoms with Gasteiger partial charge in [0.05, 0.1) is 11.9 Å². The summed E-state index contributed by atoms with van der Waals surface area (Å²) >= 11 is 0. The summed E-state index contributed by atoms with van der Waals surface area (Å²) < 4.78 is 39.1. The van der Waals surface area contributed by atoms with E-state index < -0.39 is 29.1 Å². The molecule has 0 aliphatic rings. The lowest BCUT2D eigenvalue weighted by Gasteiger charge is -2.06. The van der Waals surface area contributed by atoms with Gasteiger partial charge < -0.3 is 5.32 Å². The molecule has 1 amide bonds. The number of halogens is 3. The molecule has 0 saturated heterocycles. The first-order valence-electron chi connectivity index (χ1n) is 4.95. The van der Waals surface area contributed by atoms with E-state index in [9.17, 15) is 18.0 Å². The topological polar surface area (TPSA) is 42.0 Å². The van der Waals surface area contributed by atoms with Gasteiger partial charge in [0.2, 0.25) is 5.95 Å². The first kappa shape index (κ1) is 12.1. The molecule has 0 fully saturated rings. The zero-order valence-electron chi connectivity index (χ0n) is 8.95. The number of carbonyl (C=O) groups is 1. The second kappa shape index (κ2) is 4.87. The van der Waals surface area contributed by atoms with Crippen molar-refractivity contribution in [3.05, 3.63) is 59.7 Å². The van der Waals surface area contributed by atoms with Crippen LogP contribution in [0.25, 0.3) is 0 Å². The standard InChI is InChI=1S/C12H7F3N2O/c13-8-2-1-3-9(14)11(8)12(18)17-7-4-5-10(15)16-6-7/h1-6H,(H,17,18). The summed E-state index contributed by atoms with van der Waals surface area (Å²) in [4.78, 5) is 14.9. The highest BCUT2D eigenvalue weighted by atomic mass is 19.1. The van der Waals surface area contributed by atoms with Crippen LogP contribution in [-0.2, 0) is 0 Å². The van der Waals surface area contributed by atoms with Gasteiger partial charge in [0.1, 0.15) is 17.2 Å². The molecule has 2 rings (SSSR count). The van der Waals surface area contributed by atoms with Crippen LogP contribution in [0.4, 0.5) is 18.9 Å². The number of rotatable bonds is 2. The Kier molecular flexibility index (Phi) is 3.27. The summed E-state index contributed by atoms with van der Waals surface area (Å²) in [5, 5.41) is 2.22. The van der Waals surface area contributed by atoms with E-state index in [4.69, 9.17) is 0 Å². The Labute approximate surface area is 100 Å². The van der Waals surface area contributed by atoms with Crippen LogP contribution in [-0.4, -0.2) is 10.9 Å². The number of pyridine rings is 1. The Morgan fingerprint density at radius 3 is 2.28 bits per heavy atom. The van der Waals surface area contributed by atoms with Gasteiger partial charge >= 0.3 is 0 Å². The maximum absolute atomic E-state index is 13.3. The first-order valence-corrected chi connectivity index (χ1v) is 4.95. The highest BCUT2D eigenvalue weighted by Gasteiger charge is 2.16. The molecule has 1 heterocycles. The predicted octanol–water partition coefficient (Wildman–Crippen LogP) is 2.75. The highest BCUT2D eigenvalue weighted by Crippen LogP contribution is 2.14. The van der Waals surface area contributed by atoms with E-state index in [0.29, 0.717) is 0 Å². The number of carbonyl (C=O) groups excluding carboxylic acids is 1. The number of nitrogens with one attached hydrogen (secondary N) is 1. The van der Waals surface area contributed by atoms with Gasteiger partial charge in [0.25, 0.3) is 5.91 Å². The van der Waals surface area contributed by atoms with E-state index in [0.717, 1.165) is 30.5 Å². The van der Waals surface area contributed by atoms with Crippen molar-refractivity contribution in [3.63, 3.8) is 0 Å². The van der Waals surface area contributed by atoms with Crippen LogP contribution in [0.3, 0.4) is 0 Å². The second-order valence-electron chi connectivity index (χ2n) is 3.42. The molecule has 0 aliphatic carbocycles. The van der Waals surface area contributed by atoms with Gasteiger partial charge in [-0.25, -0.2) is 13.8 Å². The summed E-state index contributed by atoms with van der Waals surface area (Å²) in [5.74, 6) is -3.62. The van der Waals surface area contributed by atoms with Gasteiger partial charge in [-0.15, -0.1) is 0 Å². The third-order valence-electron chi connectivity index (χ3n) is 2.18. The maximum Gasteiger partial charge on any atom is 0.261 e. The Bertz CT molecular complexity index is 564. The molecule has 0 unspecified atom stereocenters. The Morgan fingerprint density at radius 1 is 1.06 bits per heavy atom. The minimum atomic E-state index is -0.970. The third kappa shape index (κ3) is 2.48. The number of hydrogen-bond donors (Lipinski definition) is 1. The van der Waals surface area contributed by atoms with Crippen LogP contribution < -0.4 is 5.32 Å². The van der Waals surface area contributed by atoms with E-state index in [1.165, 1.54) is 6.07 Å². The number of anilines is 1. The van der Waals surface area contributed by atoms with Gasteiger partial charge in [-0.3, -0.25) is 4.79 Å². The molecular weight excluding hydrogens is 245 g/mol. The van der Waals surface area contributed by atoms with Crippen molar-refractivity contribution in [2.75, 3.05) is 5.32 Å². The van der Waals surface area contributed by atoms with Gasteiger partial charge in [-0.05, 0) is 24.3 Å². The normalized spacial score (nSPS) is 10.2. The van der Waals surface area contributed by atoms with Crippen molar-refractivity contribution in [2.45, 2.75) is 0 Å². The van der Waals surface area contributed by atoms with Crippen molar-refractivity contribution < 1.29 is 18.0 Å². The van der Waals surface area contributed by atoms with Crippen molar-refractivity contribution in [2.24, 2.45) is 0 Å². The number of benzene rings is 1. The summed E-state index contributed by atoms with van der Waals surface area (Å²) in [6.45, 7) is 0. The summed E-state index contributed by atoms with van der Waals surface area (Å²) in [6.07, 6.45) is 1.05. The number of nitrogens with zero attached hydrogens (tertiary/aromatic N) is 1. The van der Waals surface area contributed by atoms with Crippen molar-refractivity contribution in [1.82, 2.24) is 4.98 Å². The lowest BCUT2D eigenvalue weighted by atomic mass is 10.2. The largest absolute Gasteiger partial charge is 0.320 e. The molecular formula is C12H7F3N2O. The van der Waals surface area contributed by atoms with Crippen LogP contribution in [0.15, 0.2) is 36.5 Å². The maximum atomic E-state index is 13.3. The molecule has 3 nitrogen and oxygen atoms in total. The highest BCUT2D eigenvalue weighted by molar-refractivity contribution is 6.04. The van der Waals surface area contributed by atoms with Crippen LogP contribution in [0.2, 0.25) is 0 Å². The lowest BCUT2D eigenvalue weighted by molar-refractivity contribution is 0.101. The zero-order chi connectivity index (χ0) is 13.1. The molecule has 0 atom stereocenters. The molecule has 0 saturated carbocycles. The fourth-order valence-electron chi connectivity index (χ4n) is 1.36. The van der Waals surface area contributed by atoms with Gasteiger partial charge in [0.15, 0.2) is 0 Å². The van der Waals surface area contributed by atoms with Gasteiger partial charge in [0, 0.05) is 0 Å². The van der Waals surface area contributed by atoms with E-state index in [2.05, 4.69) is 10.3 Å². The van der Waals surface area contributed by atoms with E-state index >= 15 is 0 Å². The molecule has 92 valence electrons. The fourth-order valence-corrected chi connectivity index (χ4v) is 1.36. The molecule has 1 aromatic carbocycles. The molecule has 0 bridgehead atoms. The molecule has 0 spiro atoms. The predicted molar refractivity (Wildman–Crippen MR) is 58.5 cm³/mol. The number of hydrogen-bond acceptors (Lipinski definition) is 2. The Hall–Kier alpha value is -2.37. The lowest BCUT2D eigenvalue weighted by Crippen LogP contribution is -2.16. The average molecular weight is 252 g/mol. The van der Waals surface area contributed by atoms with Crippen LogP contribution in [0.1, 0.15) is 10.4 Å². The minimum absolute atomic E-state index is 0.143. The quantitative estimate of drug-likeness (QED) is 0.835. The fraction of sp³-hybridized carbons (Fsp3) is 0. The monoisotopic (exact) mass is 252 g/mol. The van der Waals surface area contributed by atoms with Gasteiger partial charge in [-0.1, -0.05) is 6.07 Å². The molecule has 0 aliphatic heterocycles. The SMILES string of the molecule is O=C(Nc1ccc(F)nc1)c1c(F)cccc1F. The minimum Gasteiger partial charge on any atom is -0.320 e. The first-order chi connectivity index (χ1) is 8.58. The number of amides is 1. The van der Waals surface area contributed by atoms with Crippen molar-refractivity contribution >= 4 is 11.6 Å². The zero-order valence-corrected chi connectivity index (χ0v) is 8.95. The van der Waals surface area contributed by atoms with Crippen LogP contribution in [0, 0.1) is 17.6 Å². The summed E-state index contributed by atoms with van der Waals surface area (Å²) in [6, 6.07) is 5.36. The van der Waals surface area contributed by atoms with Crippen LogP contribution >= 0.6 is 0 Å². The summed E-state index contributed by atoms with van der Waals surface area (Å²) in [5.41, 5.74) is -0.550. The van der Waals surface area contributed by atoms with Crippen LogP contribution in [0.5, 0.6) is 0 Å². The molecule has 0 radical (unpaired) electrons. The smallest absolute Gasteiger partial charge is 0.261 e. The summed E-state index contributed by atoms with van der Waals surface area (Å²) in [7, 11) is 0. The Morgan fingerprint density at radius 2 is 1.72 bits per heavy atom. The van der Waals surface area contributed by atoms with Crippen molar-refractivity contribution in [1.29, 1.82) is 0 Å². The average Bonchev–Trinajstić information content (AvgIpc) is 2.32. The van der Waals surface area contributed by atoms with E-state index in [1.807, 2.05) is 0 Å². The molecule has 18 heavy (non-hydrogen) atoms. The van der Waals surface area contributed by atoms with Gasteiger partial charge in [-0.2, -0.15) is 4.39 Å². The Balaban J connectivity index is 2.25. The van der Waals surface area contributed by atoms with E-state index in [1.54, 1.807) is 0 Å². The molecule has 6 heteroatoms. The van der Waals surface area contributed by atoms with Crippen molar-refractivity contribution in [3.8, 4) is 0 Å². The molecule has 1 N–H and O–H groups in total. The second-order valence-corrected chi connectivity index (χ2v) is 3.42.